The van der Waals surface area contributed by atoms with Crippen molar-refractivity contribution in [3.8, 4) is 0 Å². The first kappa shape index (κ1) is 13.1. The molecule has 1 aromatic rings. The third-order valence-electron chi connectivity index (χ3n) is 5.11. The molecule has 2 atom stereocenters. The van der Waals surface area contributed by atoms with Gasteiger partial charge in [-0.25, -0.2) is 0 Å². The first-order chi connectivity index (χ1) is 9.10. The van der Waals surface area contributed by atoms with Gasteiger partial charge in [-0.3, -0.25) is 0 Å². The van der Waals surface area contributed by atoms with E-state index in [4.69, 9.17) is 0 Å². The van der Waals surface area contributed by atoms with E-state index in [2.05, 4.69) is 40.9 Å². The van der Waals surface area contributed by atoms with Crippen LogP contribution < -0.4 is 5.32 Å². The Labute approximate surface area is 116 Å². The van der Waals surface area contributed by atoms with Crippen LogP contribution in [0.25, 0.3) is 0 Å². The summed E-state index contributed by atoms with van der Waals surface area (Å²) in [6.07, 6.45) is 7.64. The van der Waals surface area contributed by atoms with Crippen molar-refractivity contribution >= 4 is 0 Å². The lowest BCUT2D eigenvalue weighted by Crippen LogP contribution is -2.36. The number of aromatic nitrogens is 3. The van der Waals surface area contributed by atoms with E-state index in [9.17, 15) is 0 Å². The summed E-state index contributed by atoms with van der Waals surface area (Å²) in [7, 11) is 0. The summed E-state index contributed by atoms with van der Waals surface area (Å²) in [4.78, 5) is 0. The molecule has 0 saturated heterocycles. The molecule has 2 unspecified atom stereocenters. The van der Waals surface area contributed by atoms with Gasteiger partial charge in [0.15, 0.2) is 0 Å². The van der Waals surface area contributed by atoms with Gasteiger partial charge in [0.05, 0.1) is 6.04 Å². The van der Waals surface area contributed by atoms with E-state index in [1.807, 2.05) is 0 Å². The second-order valence-corrected chi connectivity index (χ2v) is 6.70. The molecule has 4 nitrogen and oxygen atoms in total. The van der Waals surface area contributed by atoms with Crippen LogP contribution in [0.4, 0.5) is 0 Å². The highest BCUT2D eigenvalue weighted by atomic mass is 15.3. The fourth-order valence-corrected chi connectivity index (χ4v) is 3.11. The fourth-order valence-electron chi connectivity index (χ4n) is 3.11. The summed E-state index contributed by atoms with van der Waals surface area (Å²) in [6, 6.07) is 0.855. The highest BCUT2D eigenvalue weighted by Crippen LogP contribution is 2.48. The molecule has 1 N–H and O–H groups in total. The average molecular weight is 262 g/mol. The van der Waals surface area contributed by atoms with Gasteiger partial charge in [-0.05, 0) is 44.9 Å². The summed E-state index contributed by atoms with van der Waals surface area (Å²) < 4.78 is 2.35. The van der Waals surface area contributed by atoms with Crippen LogP contribution in [0.1, 0.15) is 70.6 Å². The Kier molecular flexibility index (Phi) is 3.37. The third-order valence-corrected chi connectivity index (χ3v) is 5.11. The van der Waals surface area contributed by atoms with Crippen LogP contribution in [0.5, 0.6) is 0 Å². The maximum Gasteiger partial charge on any atom is 0.149 e. The predicted molar refractivity (Wildman–Crippen MR) is 75.9 cm³/mol. The average Bonchev–Trinajstić information content (AvgIpc) is 3.08. The van der Waals surface area contributed by atoms with Crippen LogP contribution in [-0.2, 0) is 13.0 Å². The van der Waals surface area contributed by atoms with E-state index in [0.717, 1.165) is 18.8 Å². The molecule has 2 heterocycles. The van der Waals surface area contributed by atoms with E-state index in [0.29, 0.717) is 17.5 Å². The Morgan fingerprint density at radius 2 is 1.95 bits per heavy atom. The van der Waals surface area contributed by atoms with Gasteiger partial charge in [0.1, 0.15) is 11.6 Å². The summed E-state index contributed by atoms with van der Waals surface area (Å²) in [5, 5.41) is 12.6. The Balaban J connectivity index is 1.72. The molecule has 19 heavy (non-hydrogen) atoms. The molecule has 1 aliphatic carbocycles. The van der Waals surface area contributed by atoms with E-state index < -0.39 is 0 Å². The van der Waals surface area contributed by atoms with Gasteiger partial charge < -0.3 is 9.88 Å². The van der Waals surface area contributed by atoms with Gasteiger partial charge in [0.25, 0.3) is 0 Å². The standard InChI is InChI=1S/C15H26N4/c1-11(16-12(2)15(3)8-9-15)14-18-17-13-7-5-4-6-10-19(13)14/h11-12,16H,4-10H2,1-3H3. The molecule has 1 fully saturated rings. The minimum atomic E-state index is 0.298. The summed E-state index contributed by atoms with van der Waals surface area (Å²) >= 11 is 0. The van der Waals surface area contributed by atoms with E-state index in [-0.39, 0.29) is 0 Å². The number of fused-ring (bicyclic) bond motifs is 1. The molecule has 0 radical (unpaired) electrons. The van der Waals surface area contributed by atoms with Gasteiger partial charge in [-0.2, -0.15) is 0 Å². The largest absolute Gasteiger partial charge is 0.314 e. The Hall–Kier alpha value is -0.900. The van der Waals surface area contributed by atoms with Crippen molar-refractivity contribution in [3.05, 3.63) is 11.6 Å². The quantitative estimate of drug-likeness (QED) is 0.907. The molecule has 2 aliphatic rings. The van der Waals surface area contributed by atoms with Crippen LogP contribution >= 0.6 is 0 Å². The second kappa shape index (κ2) is 4.89. The monoisotopic (exact) mass is 262 g/mol. The molecular formula is C15H26N4. The van der Waals surface area contributed by atoms with Gasteiger partial charge >= 0.3 is 0 Å². The van der Waals surface area contributed by atoms with Crippen LogP contribution in [0.2, 0.25) is 0 Å². The molecule has 1 saturated carbocycles. The minimum Gasteiger partial charge on any atom is -0.314 e. The zero-order valence-corrected chi connectivity index (χ0v) is 12.4. The van der Waals surface area contributed by atoms with Gasteiger partial charge in [-0.15, -0.1) is 10.2 Å². The second-order valence-electron chi connectivity index (χ2n) is 6.70. The highest BCUT2D eigenvalue weighted by molar-refractivity contribution is 5.04. The molecule has 106 valence electrons. The Bertz CT molecular complexity index is 447. The van der Waals surface area contributed by atoms with Crippen LogP contribution in [0.15, 0.2) is 0 Å². The van der Waals surface area contributed by atoms with Crippen molar-refractivity contribution in [3.63, 3.8) is 0 Å². The summed E-state index contributed by atoms with van der Waals surface area (Å²) in [6.45, 7) is 8.00. The Morgan fingerprint density at radius 1 is 1.16 bits per heavy atom. The lowest BCUT2D eigenvalue weighted by atomic mass is 10.00. The van der Waals surface area contributed by atoms with Crippen molar-refractivity contribution in [2.24, 2.45) is 5.41 Å². The van der Waals surface area contributed by atoms with Crippen molar-refractivity contribution < 1.29 is 0 Å². The van der Waals surface area contributed by atoms with Crippen molar-refractivity contribution in [2.45, 2.75) is 77.9 Å². The number of hydrogen-bond donors (Lipinski definition) is 1. The lowest BCUT2D eigenvalue weighted by Gasteiger charge is -2.25. The SMILES string of the molecule is CC(NC(C)C1(C)CC1)c1nnc2n1CCCCC2. The molecule has 3 rings (SSSR count). The zero-order chi connectivity index (χ0) is 13.5. The number of nitrogens with one attached hydrogen (secondary N) is 1. The van der Waals surface area contributed by atoms with E-state index in [1.54, 1.807) is 0 Å². The van der Waals surface area contributed by atoms with E-state index >= 15 is 0 Å². The molecule has 4 heteroatoms. The fraction of sp³-hybridized carbons (Fsp3) is 0.867. The number of aryl methyl sites for hydroxylation is 1. The van der Waals surface area contributed by atoms with Crippen molar-refractivity contribution in [1.29, 1.82) is 0 Å². The molecule has 0 spiro atoms. The summed E-state index contributed by atoms with van der Waals surface area (Å²) in [5.74, 6) is 2.32. The van der Waals surface area contributed by atoms with Crippen LogP contribution in [0, 0.1) is 5.41 Å². The molecule has 1 aliphatic heterocycles. The van der Waals surface area contributed by atoms with Crippen LogP contribution in [-0.4, -0.2) is 20.8 Å². The molecule has 1 aromatic heterocycles. The van der Waals surface area contributed by atoms with E-state index in [1.165, 1.54) is 37.9 Å². The zero-order valence-electron chi connectivity index (χ0n) is 12.4. The Morgan fingerprint density at radius 3 is 2.68 bits per heavy atom. The molecule has 0 bridgehead atoms. The number of nitrogens with zero attached hydrogens (tertiary/aromatic N) is 3. The highest BCUT2D eigenvalue weighted by Gasteiger charge is 2.43. The third kappa shape index (κ3) is 2.55. The maximum absolute atomic E-state index is 4.45. The topological polar surface area (TPSA) is 42.7 Å². The minimum absolute atomic E-state index is 0.298. The van der Waals surface area contributed by atoms with Gasteiger partial charge in [0, 0.05) is 19.0 Å². The molecule has 0 amide bonds. The predicted octanol–water partition coefficient (Wildman–Crippen LogP) is 2.84. The number of rotatable bonds is 4. The van der Waals surface area contributed by atoms with Crippen LogP contribution in [0.3, 0.4) is 0 Å². The summed E-state index contributed by atoms with van der Waals surface area (Å²) in [5.41, 5.74) is 0.510. The molecule has 0 aromatic carbocycles. The smallest absolute Gasteiger partial charge is 0.149 e. The van der Waals surface area contributed by atoms with Gasteiger partial charge in [-0.1, -0.05) is 13.3 Å². The first-order valence-corrected chi connectivity index (χ1v) is 7.78. The first-order valence-electron chi connectivity index (χ1n) is 7.78. The normalized spacial score (nSPS) is 24.4. The molecular weight excluding hydrogens is 236 g/mol. The lowest BCUT2D eigenvalue weighted by molar-refractivity contribution is 0.339. The van der Waals surface area contributed by atoms with Crippen molar-refractivity contribution in [1.82, 2.24) is 20.1 Å². The van der Waals surface area contributed by atoms with Crippen molar-refractivity contribution in [2.75, 3.05) is 0 Å². The maximum atomic E-state index is 4.45. The number of hydrogen-bond acceptors (Lipinski definition) is 3. The van der Waals surface area contributed by atoms with Gasteiger partial charge in [0.2, 0.25) is 0 Å².